The molecule has 0 amide bonds. The lowest BCUT2D eigenvalue weighted by Crippen LogP contribution is -2.31. The summed E-state index contributed by atoms with van der Waals surface area (Å²) >= 11 is 6.92. The highest BCUT2D eigenvalue weighted by atomic mass is 35.5. The van der Waals surface area contributed by atoms with Crippen LogP contribution in [0.4, 0.5) is 23.4 Å². The Hall–Kier alpha value is -3.34. The molecule has 0 atom stereocenters. The molecule has 0 radical (unpaired) electrons. The Labute approximate surface area is 229 Å². The molecule has 0 bridgehead atoms. The monoisotopic (exact) mass is 563 g/mol. The standard InChI is InChI=1S/C27H30ClF4N7/c1-15(2)37-14-21(27(30,31)32)34-25(37)19-8-7-18(11-20(19)29)13-36-9-6-10-38-26(36)22(28)23(35-38)24-17(5)12-33-39(24)16(3)4/h7-8,11-12,14-16H,6,9-10,13H2,1-5H3. The minimum atomic E-state index is -4.62. The third-order valence-corrected chi connectivity index (χ3v) is 7.23. The number of imidazole rings is 1. The Bertz CT molecular complexity index is 1510. The van der Waals surface area contributed by atoms with E-state index in [1.165, 1.54) is 16.7 Å². The largest absolute Gasteiger partial charge is 0.434 e. The minimum absolute atomic E-state index is 0.0179. The van der Waals surface area contributed by atoms with Crippen molar-refractivity contribution in [3.63, 3.8) is 0 Å². The lowest BCUT2D eigenvalue weighted by molar-refractivity contribution is -0.140. The maximum absolute atomic E-state index is 15.4. The summed E-state index contributed by atoms with van der Waals surface area (Å²) in [5.74, 6) is 0.0632. The van der Waals surface area contributed by atoms with Crippen molar-refractivity contribution in [3.05, 3.63) is 58.3 Å². The number of alkyl halides is 3. The summed E-state index contributed by atoms with van der Waals surface area (Å²) in [6, 6.07) is 4.35. The van der Waals surface area contributed by atoms with Gasteiger partial charge < -0.3 is 9.47 Å². The number of rotatable bonds is 6. The molecule has 12 heteroatoms. The summed E-state index contributed by atoms with van der Waals surface area (Å²) in [4.78, 5) is 5.78. The van der Waals surface area contributed by atoms with E-state index in [4.69, 9.17) is 16.7 Å². The molecular weight excluding hydrogens is 534 g/mol. The molecule has 4 aromatic rings. The first-order chi connectivity index (χ1) is 18.4. The van der Waals surface area contributed by atoms with Crippen molar-refractivity contribution in [2.45, 2.75) is 72.4 Å². The fourth-order valence-electron chi connectivity index (χ4n) is 5.03. The van der Waals surface area contributed by atoms with Gasteiger partial charge in [0.1, 0.15) is 28.2 Å². The number of aryl methyl sites for hydroxylation is 2. The zero-order valence-electron chi connectivity index (χ0n) is 22.4. The number of hydrogen-bond acceptors (Lipinski definition) is 4. The van der Waals surface area contributed by atoms with Gasteiger partial charge in [-0.2, -0.15) is 23.4 Å². The lowest BCUT2D eigenvalue weighted by atomic mass is 10.1. The Kier molecular flexibility index (Phi) is 6.98. The number of hydrogen-bond donors (Lipinski definition) is 0. The third-order valence-electron chi connectivity index (χ3n) is 6.89. The van der Waals surface area contributed by atoms with E-state index < -0.39 is 17.7 Å². The molecule has 0 saturated carbocycles. The fourth-order valence-corrected chi connectivity index (χ4v) is 5.37. The van der Waals surface area contributed by atoms with Gasteiger partial charge in [-0.15, -0.1) is 0 Å². The first-order valence-electron chi connectivity index (χ1n) is 12.9. The minimum Gasteiger partial charge on any atom is -0.351 e. The highest BCUT2D eigenvalue weighted by molar-refractivity contribution is 6.35. The molecule has 0 aliphatic carbocycles. The number of fused-ring (bicyclic) bond motifs is 1. The first kappa shape index (κ1) is 27.2. The van der Waals surface area contributed by atoms with Gasteiger partial charge in [0.15, 0.2) is 5.69 Å². The molecule has 7 nitrogen and oxygen atoms in total. The molecule has 4 heterocycles. The zero-order valence-corrected chi connectivity index (χ0v) is 23.1. The molecular formula is C27H30ClF4N7. The van der Waals surface area contributed by atoms with E-state index in [1.54, 1.807) is 26.1 Å². The summed E-state index contributed by atoms with van der Waals surface area (Å²) in [6.07, 6.45) is -1.06. The van der Waals surface area contributed by atoms with Crippen molar-refractivity contribution in [2.75, 3.05) is 11.4 Å². The van der Waals surface area contributed by atoms with E-state index in [0.717, 1.165) is 29.7 Å². The van der Waals surface area contributed by atoms with Crippen LogP contribution in [0.2, 0.25) is 5.02 Å². The smallest absolute Gasteiger partial charge is 0.351 e. The molecule has 3 aromatic heterocycles. The van der Waals surface area contributed by atoms with Gasteiger partial charge in [0.05, 0.1) is 17.5 Å². The van der Waals surface area contributed by atoms with Gasteiger partial charge in [-0.05, 0) is 64.3 Å². The van der Waals surface area contributed by atoms with Crippen LogP contribution in [0.5, 0.6) is 0 Å². The van der Waals surface area contributed by atoms with Gasteiger partial charge in [-0.1, -0.05) is 17.7 Å². The molecule has 0 saturated heterocycles. The van der Waals surface area contributed by atoms with Crippen molar-refractivity contribution in [1.29, 1.82) is 0 Å². The second-order valence-corrected chi connectivity index (χ2v) is 10.8. The molecule has 5 rings (SSSR count). The van der Waals surface area contributed by atoms with Crippen LogP contribution in [-0.2, 0) is 19.3 Å². The molecule has 0 fully saturated rings. The average molecular weight is 564 g/mol. The van der Waals surface area contributed by atoms with E-state index >= 15 is 4.39 Å². The molecule has 0 N–H and O–H groups in total. The lowest BCUT2D eigenvalue weighted by Gasteiger charge is -2.30. The van der Waals surface area contributed by atoms with Gasteiger partial charge in [0.25, 0.3) is 0 Å². The maximum Gasteiger partial charge on any atom is 0.434 e. The number of aromatic nitrogens is 6. The number of nitrogens with zero attached hydrogens (tertiary/aromatic N) is 7. The zero-order chi connectivity index (χ0) is 28.2. The van der Waals surface area contributed by atoms with Gasteiger partial charge in [0.2, 0.25) is 0 Å². The Morgan fingerprint density at radius 2 is 1.82 bits per heavy atom. The van der Waals surface area contributed by atoms with Crippen molar-refractivity contribution in [2.24, 2.45) is 0 Å². The van der Waals surface area contributed by atoms with Crippen LogP contribution in [0, 0.1) is 12.7 Å². The molecule has 1 aliphatic heterocycles. The van der Waals surface area contributed by atoms with E-state index in [2.05, 4.69) is 15.0 Å². The topological polar surface area (TPSA) is 56.7 Å². The Balaban J connectivity index is 1.47. The summed E-state index contributed by atoms with van der Waals surface area (Å²) in [5.41, 5.74) is 2.13. The second-order valence-electron chi connectivity index (χ2n) is 10.5. The van der Waals surface area contributed by atoms with Gasteiger partial charge in [-0.3, -0.25) is 4.68 Å². The van der Waals surface area contributed by atoms with Gasteiger partial charge in [-0.25, -0.2) is 14.1 Å². The van der Waals surface area contributed by atoms with Crippen molar-refractivity contribution in [3.8, 4) is 22.8 Å². The second kappa shape index (κ2) is 10.0. The third kappa shape index (κ3) is 4.92. The molecule has 1 aliphatic rings. The number of benzene rings is 1. The molecule has 0 unspecified atom stereocenters. The molecule has 208 valence electrons. The van der Waals surface area contributed by atoms with Crippen LogP contribution in [0.3, 0.4) is 0 Å². The predicted molar refractivity (Wildman–Crippen MR) is 142 cm³/mol. The van der Waals surface area contributed by atoms with Crippen LogP contribution in [0.1, 0.15) is 63.0 Å². The quantitative estimate of drug-likeness (QED) is 0.231. The normalized spacial score (nSPS) is 14.1. The van der Waals surface area contributed by atoms with Crippen LogP contribution >= 0.6 is 11.6 Å². The Morgan fingerprint density at radius 1 is 1.08 bits per heavy atom. The highest BCUT2D eigenvalue weighted by Crippen LogP contribution is 2.40. The Morgan fingerprint density at radius 3 is 2.46 bits per heavy atom. The van der Waals surface area contributed by atoms with Crippen LogP contribution < -0.4 is 4.90 Å². The fraction of sp³-hybridized carbons (Fsp3) is 0.444. The highest BCUT2D eigenvalue weighted by Gasteiger charge is 2.36. The SMILES string of the molecule is Cc1cnn(C(C)C)c1-c1nn2c(c1Cl)N(Cc1ccc(-c3nc(C(F)(F)F)cn3C(C)C)c(F)c1)CCC2. The predicted octanol–water partition coefficient (Wildman–Crippen LogP) is 7.30. The van der Waals surface area contributed by atoms with Crippen molar-refractivity contribution < 1.29 is 17.6 Å². The summed E-state index contributed by atoms with van der Waals surface area (Å²) < 4.78 is 60.4. The number of anilines is 1. The van der Waals surface area contributed by atoms with E-state index in [1.807, 2.05) is 30.1 Å². The first-order valence-corrected chi connectivity index (χ1v) is 13.2. The van der Waals surface area contributed by atoms with Gasteiger partial charge >= 0.3 is 6.18 Å². The summed E-state index contributed by atoms with van der Waals surface area (Å²) in [5, 5.41) is 9.81. The molecule has 1 aromatic carbocycles. The van der Waals surface area contributed by atoms with Crippen LogP contribution in [-0.4, -0.2) is 35.7 Å². The molecule has 39 heavy (non-hydrogen) atoms. The molecule has 0 spiro atoms. The van der Waals surface area contributed by atoms with Crippen molar-refractivity contribution >= 4 is 17.4 Å². The van der Waals surface area contributed by atoms with E-state index in [-0.39, 0.29) is 23.5 Å². The van der Waals surface area contributed by atoms with E-state index in [0.29, 0.717) is 35.9 Å². The van der Waals surface area contributed by atoms with Crippen LogP contribution in [0.25, 0.3) is 22.8 Å². The van der Waals surface area contributed by atoms with Gasteiger partial charge in [0, 0.05) is 37.9 Å². The average Bonchev–Trinajstić information content (AvgIpc) is 3.55. The van der Waals surface area contributed by atoms with E-state index in [9.17, 15) is 13.2 Å². The summed E-state index contributed by atoms with van der Waals surface area (Å²) in [7, 11) is 0. The summed E-state index contributed by atoms with van der Waals surface area (Å²) in [6.45, 7) is 11.3. The van der Waals surface area contributed by atoms with Crippen LogP contribution in [0.15, 0.2) is 30.6 Å². The number of halogens is 5. The maximum atomic E-state index is 15.4. The van der Waals surface area contributed by atoms with Crippen molar-refractivity contribution in [1.82, 2.24) is 29.1 Å².